The summed E-state index contributed by atoms with van der Waals surface area (Å²) < 4.78 is 0. The standard InChI is InChI=1S/C6H4Cl.3C3H8O.Ti/c7-6-4-2-1-3-5-6;3*1-3(2)4;/h2-5H;3*3-4H,1-2H3;/q-1;;;;. The average molecular weight is 340 g/mol. The van der Waals surface area contributed by atoms with Crippen LogP contribution in [0.25, 0.3) is 0 Å². The first-order valence-electron chi connectivity index (χ1n) is 6.25. The van der Waals surface area contributed by atoms with Crippen LogP contribution in [-0.4, -0.2) is 33.6 Å². The molecular formula is C15H28ClO3Ti-. The van der Waals surface area contributed by atoms with E-state index in [1.807, 2.05) is 0 Å². The SMILES string of the molecule is CC(C)O.CC(C)O.CC(C)O.Clc1cc[c-]cc1.[Ti]. The molecule has 0 saturated heterocycles. The second-order valence-electron chi connectivity index (χ2n) is 4.50. The molecule has 0 aliphatic rings. The monoisotopic (exact) mass is 339 g/mol. The van der Waals surface area contributed by atoms with Gasteiger partial charge in [0.1, 0.15) is 0 Å². The van der Waals surface area contributed by atoms with Gasteiger partial charge in [-0.15, -0.1) is 11.6 Å². The number of benzene rings is 1. The molecule has 0 radical (unpaired) electrons. The molecule has 0 fully saturated rings. The number of halogens is 1. The van der Waals surface area contributed by atoms with Crippen molar-refractivity contribution in [2.75, 3.05) is 0 Å². The molecule has 0 atom stereocenters. The summed E-state index contributed by atoms with van der Waals surface area (Å²) in [4.78, 5) is 0. The molecule has 0 spiro atoms. The molecule has 0 heterocycles. The van der Waals surface area contributed by atoms with Gasteiger partial charge in [-0.2, -0.15) is 30.3 Å². The molecule has 1 aromatic rings. The van der Waals surface area contributed by atoms with Crippen molar-refractivity contribution in [2.45, 2.75) is 59.9 Å². The summed E-state index contributed by atoms with van der Waals surface area (Å²) in [5, 5.41) is 24.9. The van der Waals surface area contributed by atoms with Crippen molar-refractivity contribution < 1.29 is 37.0 Å². The van der Waals surface area contributed by atoms with Crippen LogP contribution in [0.3, 0.4) is 0 Å². The van der Waals surface area contributed by atoms with Gasteiger partial charge in [0.15, 0.2) is 0 Å². The van der Waals surface area contributed by atoms with E-state index in [0.29, 0.717) is 0 Å². The van der Waals surface area contributed by atoms with Crippen LogP contribution < -0.4 is 0 Å². The second kappa shape index (κ2) is 21.4. The third-order valence-electron chi connectivity index (χ3n) is 0.678. The minimum Gasteiger partial charge on any atom is -0.394 e. The minimum absolute atomic E-state index is 0. The van der Waals surface area contributed by atoms with Gasteiger partial charge >= 0.3 is 0 Å². The smallest absolute Gasteiger partial charge is 0.0483 e. The Kier molecular flexibility index (Phi) is 30.3. The normalized spacial score (nSPS) is 8.45. The predicted molar refractivity (Wildman–Crippen MR) is 82.4 cm³/mol. The number of aliphatic hydroxyl groups excluding tert-OH is 3. The molecule has 3 nitrogen and oxygen atoms in total. The molecule has 20 heavy (non-hydrogen) atoms. The van der Waals surface area contributed by atoms with E-state index < -0.39 is 0 Å². The zero-order valence-electron chi connectivity index (χ0n) is 13.3. The van der Waals surface area contributed by atoms with Crippen molar-refractivity contribution in [3.8, 4) is 0 Å². The first-order valence-corrected chi connectivity index (χ1v) is 6.63. The van der Waals surface area contributed by atoms with Gasteiger partial charge in [0, 0.05) is 40.0 Å². The van der Waals surface area contributed by atoms with E-state index in [9.17, 15) is 0 Å². The van der Waals surface area contributed by atoms with E-state index in [4.69, 9.17) is 26.9 Å². The van der Waals surface area contributed by atoms with Gasteiger partial charge in [-0.3, -0.25) is 0 Å². The maximum absolute atomic E-state index is 8.06. The summed E-state index contributed by atoms with van der Waals surface area (Å²) in [5.74, 6) is 0. The van der Waals surface area contributed by atoms with Crippen molar-refractivity contribution >= 4 is 11.6 Å². The molecule has 5 heteroatoms. The molecule has 1 rings (SSSR count). The van der Waals surface area contributed by atoms with Gasteiger partial charge in [0.05, 0.1) is 0 Å². The Morgan fingerprint density at radius 2 is 1.00 bits per heavy atom. The molecular weight excluding hydrogens is 311 g/mol. The quantitative estimate of drug-likeness (QED) is 0.502. The largest absolute Gasteiger partial charge is 0.394 e. The maximum atomic E-state index is 8.06. The van der Waals surface area contributed by atoms with Gasteiger partial charge in [-0.25, -0.2) is 0 Å². The fourth-order valence-corrected chi connectivity index (χ4v) is 0.493. The number of aliphatic hydroxyl groups is 3. The van der Waals surface area contributed by atoms with Crippen molar-refractivity contribution in [3.05, 3.63) is 35.4 Å². The van der Waals surface area contributed by atoms with E-state index in [1.54, 1.807) is 65.8 Å². The van der Waals surface area contributed by atoms with Crippen LogP contribution in [0.15, 0.2) is 24.3 Å². The topological polar surface area (TPSA) is 60.7 Å². The average Bonchev–Trinajstić information content (AvgIpc) is 2.15. The summed E-state index contributed by atoms with van der Waals surface area (Å²) in [6.45, 7) is 10.3. The van der Waals surface area contributed by atoms with Crippen molar-refractivity contribution in [2.24, 2.45) is 0 Å². The van der Waals surface area contributed by atoms with E-state index in [0.717, 1.165) is 5.02 Å². The van der Waals surface area contributed by atoms with Gasteiger partial charge < -0.3 is 15.3 Å². The van der Waals surface area contributed by atoms with Crippen LogP contribution in [0.2, 0.25) is 5.02 Å². The van der Waals surface area contributed by atoms with E-state index in [-0.39, 0.29) is 40.0 Å². The fourth-order valence-electron chi connectivity index (χ4n) is 0.367. The molecule has 1 aromatic carbocycles. The molecule has 0 aromatic heterocycles. The van der Waals surface area contributed by atoms with E-state index in [2.05, 4.69) is 6.07 Å². The summed E-state index contributed by atoms with van der Waals surface area (Å²) in [6.07, 6.45) is -0.500. The zero-order valence-corrected chi connectivity index (χ0v) is 15.6. The van der Waals surface area contributed by atoms with Crippen molar-refractivity contribution in [3.63, 3.8) is 0 Å². The number of hydrogen-bond donors (Lipinski definition) is 3. The molecule has 0 amide bonds. The van der Waals surface area contributed by atoms with Crippen LogP contribution in [0.5, 0.6) is 0 Å². The van der Waals surface area contributed by atoms with Crippen LogP contribution in [0.1, 0.15) is 41.5 Å². The molecule has 0 saturated carbocycles. The molecule has 0 unspecified atom stereocenters. The Bertz CT molecular complexity index is 232. The molecule has 0 aliphatic carbocycles. The Balaban J connectivity index is -0.0000000881. The van der Waals surface area contributed by atoms with E-state index in [1.165, 1.54) is 0 Å². The predicted octanol–water partition coefficient (Wildman–Crippen LogP) is 3.30. The summed E-state index contributed by atoms with van der Waals surface area (Å²) in [7, 11) is 0. The number of hydrogen-bond acceptors (Lipinski definition) is 3. The molecule has 3 N–H and O–H groups in total. The Morgan fingerprint density at radius 3 is 1.10 bits per heavy atom. The van der Waals surface area contributed by atoms with Gasteiger partial charge in [0.2, 0.25) is 0 Å². The maximum Gasteiger partial charge on any atom is 0.0483 e. The third-order valence-corrected chi connectivity index (χ3v) is 0.930. The van der Waals surface area contributed by atoms with Crippen LogP contribution in [0.4, 0.5) is 0 Å². The Hall–Kier alpha value is 0.104. The van der Waals surface area contributed by atoms with Crippen LogP contribution >= 0.6 is 11.6 Å². The van der Waals surface area contributed by atoms with Crippen LogP contribution in [0, 0.1) is 6.07 Å². The van der Waals surface area contributed by atoms with Crippen LogP contribution in [-0.2, 0) is 21.7 Å². The van der Waals surface area contributed by atoms with Gasteiger partial charge in [-0.1, -0.05) is 5.02 Å². The minimum atomic E-state index is -0.167. The van der Waals surface area contributed by atoms with Crippen molar-refractivity contribution in [1.82, 2.24) is 0 Å². The fraction of sp³-hybridized carbons (Fsp3) is 0.600. The van der Waals surface area contributed by atoms with E-state index >= 15 is 0 Å². The summed E-state index contributed by atoms with van der Waals surface area (Å²) >= 11 is 5.52. The van der Waals surface area contributed by atoms with Crippen molar-refractivity contribution in [1.29, 1.82) is 0 Å². The Morgan fingerprint density at radius 1 is 0.800 bits per heavy atom. The third kappa shape index (κ3) is 80.6. The first kappa shape index (κ1) is 28.3. The second-order valence-corrected chi connectivity index (χ2v) is 4.94. The number of rotatable bonds is 0. The molecule has 0 aliphatic heterocycles. The summed E-state index contributed by atoms with van der Waals surface area (Å²) in [6, 6.07) is 10.00. The van der Waals surface area contributed by atoms with Gasteiger partial charge in [-0.05, 0) is 41.5 Å². The summed E-state index contributed by atoms with van der Waals surface area (Å²) in [5.41, 5.74) is 0. The Labute approximate surface area is 143 Å². The molecule has 0 bridgehead atoms. The van der Waals surface area contributed by atoms with Gasteiger partial charge in [0.25, 0.3) is 0 Å². The zero-order chi connectivity index (χ0) is 15.8. The molecule has 118 valence electrons. The first-order chi connectivity index (χ1) is 8.59.